The van der Waals surface area contributed by atoms with Crippen molar-refractivity contribution in [2.75, 3.05) is 18.9 Å². The second-order valence-electron chi connectivity index (χ2n) is 4.83. The van der Waals surface area contributed by atoms with Gasteiger partial charge in [0.05, 0.1) is 11.4 Å². The zero-order chi connectivity index (χ0) is 13.9. The van der Waals surface area contributed by atoms with Crippen molar-refractivity contribution in [3.8, 4) is 0 Å². The van der Waals surface area contributed by atoms with E-state index in [0.717, 1.165) is 12.8 Å². The lowest BCUT2D eigenvalue weighted by Gasteiger charge is -2.17. The highest BCUT2D eigenvalue weighted by molar-refractivity contribution is 5.91. The number of benzene rings is 1. The van der Waals surface area contributed by atoms with E-state index < -0.39 is 0 Å². The smallest absolute Gasteiger partial charge is 0.203 e. The van der Waals surface area contributed by atoms with Crippen molar-refractivity contribution in [3.63, 3.8) is 0 Å². The number of nitrogens with two attached hydrogens (primary N) is 1. The maximum absolute atomic E-state index is 12.4. The van der Waals surface area contributed by atoms with Crippen molar-refractivity contribution in [2.24, 2.45) is 4.99 Å². The number of aliphatic imine (C=N–C) groups is 1. The summed E-state index contributed by atoms with van der Waals surface area (Å²) in [7, 11) is 0. The zero-order valence-corrected chi connectivity index (χ0v) is 11.0. The minimum absolute atomic E-state index is 0.115. The highest BCUT2D eigenvalue weighted by atomic mass is 16.5. The highest BCUT2D eigenvalue weighted by Gasteiger charge is 2.13. The van der Waals surface area contributed by atoms with Gasteiger partial charge in [0.2, 0.25) is 11.3 Å². The Morgan fingerprint density at radius 1 is 1.25 bits per heavy atom. The van der Waals surface area contributed by atoms with Crippen LogP contribution in [-0.2, 0) is 4.74 Å². The van der Waals surface area contributed by atoms with Crippen molar-refractivity contribution in [1.29, 1.82) is 0 Å². The Balaban J connectivity index is 1.98. The molecule has 0 bridgehead atoms. The Kier molecular flexibility index (Phi) is 3.52. The summed E-state index contributed by atoms with van der Waals surface area (Å²) < 4.78 is 10.8. The molecule has 5 heteroatoms. The Labute approximate surface area is 116 Å². The predicted molar refractivity (Wildman–Crippen MR) is 78.3 cm³/mol. The fraction of sp³-hybridized carbons (Fsp3) is 0.333. The van der Waals surface area contributed by atoms with E-state index in [1.165, 1.54) is 0 Å². The molecule has 0 aliphatic carbocycles. The number of ether oxygens (including phenoxy) is 1. The van der Waals surface area contributed by atoms with Crippen molar-refractivity contribution in [2.45, 2.75) is 18.9 Å². The number of para-hydroxylation sites is 1. The normalized spacial score (nSPS) is 17.0. The predicted octanol–water partition coefficient (Wildman–Crippen LogP) is 1.97. The molecule has 1 saturated heterocycles. The van der Waals surface area contributed by atoms with Crippen LogP contribution in [0.5, 0.6) is 0 Å². The third kappa shape index (κ3) is 2.44. The van der Waals surface area contributed by atoms with Gasteiger partial charge >= 0.3 is 0 Å². The third-order valence-corrected chi connectivity index (χ3v) is 3.47. The van der Waals surface area contributed by atoms with Crippen LogP contribution in [0.4, 0.5) is 5.88 Å². The molecule has 2 N–H and O–H groups in total. The molecule has 20 heavy (non-hydrogen) atoms. The monoisotopic (exact) mass is 272 g/mol. The number of fused-ring (bicyclic) bond motifs is 1. The van der Waals surface area contributed by atoms with Crippen molar-refractivity contribution < 1.29 is 9.15 Å². The van der Waals surface area contributed by atoms with Gasteiger partial charge in [0, 0.05) is 19.4 Å². The molecule has 5 nitrogen and oxygen atoms in total. The molecular weight excluding hydrogens is 256 g/mol. The molecule has 104 valence electrons. The van der Waals surface area contributed by atoms with Gasteiger partial charge in [-0.3, -0.25) is 9.79 Å². The van der Waals surface area contributed by atoms with Crippen molar-refractivity contribution >= 4 is 23.1 Å². The summed E-state index contributed by atoms with van der Waals surface area (Å²) in [6.45, 7) is 1.42. The number of nitrogen functional groups attached to an aromatic ring is 1. The van der Waals surface area contributed by atoms with Crippen LogP contribution < -0.4 is 11.2 Å². The number of nitrogens with zero attached hydrogens (tertiary/aromatic N) is 1. The van der Waals surface area contributed by atoms with Gasteiger partial charge in [-0.2, -0.15) is 0 Å². The summed E-state index contributed by atoms with van der Waals surface area (Å²) in [6, 6.07) is 7.25. The first-order valence-electron chi connectivity index (χ1n) is 6.68. The average Bonchev–Trinajstić information content (AvgIpc) is 2.48. The van der Waals surface area contributed by atoms with Crippen molar-refractivity contribution in [1.82, 2.24) is 0 Å². The molecular formula is C15H16N2O3. The zero-order valence-electron chi connectivity index (χ0n) is 11.0. The largest absolute Gasteiger partial charge is 0.440 e. The van der Waals surface area contributed by atoms with Gasteiger partial charge in [0.15, 0.2) is 0 Å². The van der Waals surface area contributed by atoms with E-state index in [2.05, 4.69) is 4.99 Å². The van der Waals surface area contributed by atoms with Gasteiger partial charge in [-0.1, -0.05) is 12.1 Å². The number of hydrogen-bond donors (Lipinski definition) is 1. The lowest BCUT2D eigenvalue weighted by molar-refractivity contribution is 0.0872. The van der Waals surface area contributed by atoms with E-state index in [9.17, 15) is 4.79 Å². The van der Waals surface area contributed by atoms with E-state index in [0.29, 0.717) is 29.7 Å². The average molecular weight is 272 g/mol. The first-order chi connectivity index (χ1) is 9.75. The summed E-state index contributed by atoms with van der Waals surface area (Å²) in [6.07, 6.45) is 3.29. The Hall–Kier alpha value is -2.14. The topological polar surface area (TPSA) is 77.8 Å². The lowest BCUT2D eigenvalue weighted by Crippen LogP contribution is -2.19. The molecule has 2 heterocycles. The second kappa shape index (κ2) is 5.46. The molecule has 2 aromatic rings. The molecule has 0 atom stereocenters. The molecule has 1 aromatic heterocycles. The maximum Gasteiger partial charge on any atom is 0.203 e. The van der Waals surface area contributed by atoms with Gasteiger partial charge in [-0.15, -0.1) is 0 Å². The van der Waals surface area contributed by atoms with Crippen LogP contribution in [0.1, 0.15) is 18.4 Å². The Morgan fingerprint density at radius 3 is 2.80 bits per heavy atom. The number of anilines is 1. The first-order valence-corrected chi connectivity index (χ1v) is 6.68. The standard InChI is InChI=1S/C15H16N2O3/c16-15-12(9-17-10-5-7-19-8-6-10)14(18)11-3-1-2-4-13(11)20-15/h1-4,9-10H,5-8,16H2. The summed E-state index contributed by atoms with van der Waals surface area (Å²) >= 11 is 0. The van der Waals surface area contributed by atoms with Crippen LogP contribution in [0.15, 0.2) is 38.5 Å². The van der Waals surface area contributed by atoms with Crippen molar-refractivity contribution in [3.05, 3.63) is 40.1 Å². The number of hydrogen-bond acceptors (Lipinski definition) is 5. The molecule has 1 fully saturated rings. The van der Waals surface area contributed by atoms with Crippen LogP contribution >= 0.6 is 0 Å². The summed E-state index contributed by atoms with van der Waals surface area (Å²) in [4.78, 5) is 16.8. The molecule has 1 aromatic carbocycles. The molecule has 3 rings (SSSR count). The molecule has 1 aliphatic rings. The van der Waals surface area contributed by atoms with Crippen LogP contribution in [-0.4, -0.2) is 25.5 Å². The Morgan fingerprint density at radius 2 is 2.00 bits per heavy atom. The van der Waals surface area contributed by atoms with E-state index in [-0.39, 0.29) is 17.4 Å². The van der Waals surface area contributed by atoms with E-state index in [4.69, 9.17) is 14.9 Å². The third-order valence-electron chi connectivity index (χ3n) is 3.47. The molecule has 0 spiro atoms. The van der Waals surface area contributed by atoms with Crippen LogP contribution in [0.2, 0.25) is 0 Å². The molecule has 1 aliphatic heterocycles. The maximum atomic E-state index is 12.4. The quantitative estimate of drug-likeness (QED) is 0.848. The highest BCUT2D eigenvalue weighted by Crippen LogP contribution is 2.17. The molecule has 0 amide bonds. The molecule has 0 saturated carbocycles. The summed E-state index contributed by atoms with van der Waals surface area (Å²) in [5, 5.41) is 0.523. The van der Waals surface area contributed by atoms with E-state index in [1.54, 1.807) is 30.5 Å². The van der Waals surface area contributed by atoms with Gasteiger partial charge in [-0.05, 0) is 25.0 Å². The second-order valence-corrected chi connectivity index (χ2v) is 4.83. The lowest BCUT2D eigenvalue weighted by atomic mass is 10.1. The van der Waals surface area contributed by atoms with Crippen LogP contribution in [0.25, 0.3) is 11.0 Å². The molecule has 0 unspecified atom stereocenters. The van der Waals surface area contributed by atoms with Gasteiger partial charge in [0.1, 0.15) is 11.1 Å². The Bertz CT molecular complexity index is 700. The fourth-order valence-corrected chi connectivity index (χ4v) is 2.31. The van der Waals surface area contributed by atoms with E-state index >= 15 is 0 Å². The van der Waals surface area contributed by atoms with Gasteiger partial charge in [-0.25, -0.2) is 0 Å². The van der Waals surface area contributed by atoms with Gasteiger partial charge in [0.25, 0.3) is 0 Å². The van der Waals surface area contributed by atoms with Crippen LogP contribution in [0.3, 0.4) is 0 Å². The first kappa shape index (κ1) is 12.9. The summed E-state index contributed by atoms with van der Waals surface area (Å²) in [5.41, 5.74) is 6.51. The minimum atomic E-state index is -0.139. The summed E-state index contributed by atoms with van der Waals surface area (Å²) in [5.74, 6) is 0.115. The van der Waals surface area contributed by atoms with E-state index in [1.807, 2.05) is 0 Å². The number of rotatable bonds is 2. The SMILES string of the molecule is Nc1oc2ccccc2c(=O)c1C=NC1CCOCC1. The minimum Gasteiger partial charge on any atom is -0.440 e. The molecule has 0 radical (unpaired) electrons. The van der Waals surface area contributed by atoms with Crippen LogP contribution in [0, 0.1) is 0 Å². The van der Waals surface area contributed by atoms with Gasteiger partial charge < -0.3 is 14.9 Å². The fourth-order valence-electron chi connectivity index (χ4n) is 2.31.